The van der Waals surface area contributed by atoms with Gasteiger partial charge in [-0.25, -0.2) is 4.79 Å². The molecular weight excluding hydrogens is 210 g/mol. The minimum Gasteiger partial charge on any atom is -0.466 e. The summed E-state index contributed by atoms with van der Waals surface area (Å²) in [5, 5.41) is 8.76. The molecule has 1 aliphatic rings. The van der Waals surface area contributed by atoms with Crippen molar-refractivity contribution in [2.45, 2.75) is 20.3 Å². The van der Waals surface area contributed by atoms with Gasteiger partial charge in [-0.05, 0) is 20.3 Å². The highest BCUT2D eigenvalue weighted by Gasteiger charge is 2.23. The molecule has 1 amide bonds. The monoisotopic (exact) mass is 227 g/mol. The minimum atomic E-state index is -0.918. The highest BCUT2D eigenvalue weighted by atomic mass is 16.5. The van der Waals surface area contributed by atoms with Gasteiger partial charge in [-0.1, -0.05) is 11.6 Å². The lowest BCUT2D eigenvalue weighted by molar-refractivity contribution is -0.146. The van der Waals surface area contributed by atoms with Gasteiger partial charge in [0.25, 0.3) is 0 Å². The molecular formula is C11H17NO4. The first-order valence-corrected chi connectivity index (χ1v) is 5.39. The van der Waals surface area contributed by atoms with E-state index in [0.717, 1.165) is 5.57 Å². The molecule has 1 rings (SSSR count). The van der Waals surface area contributed by atoms with E-state index in [1.165, 1.54) is 4.90 Å². The maximum Gasteiger partial charge on any atom is 0.407 e. The molecule has 0 saturated carbocycles. The number of amides is 1. The van der Waals surface area contributed by atoms with Crippen molar-refractivity contribution in [3.63, 3.8) is 0 Å². The molecule has 0 aromatic rings. The van der Waals surface area contributed by atoms with Crippen molar-refractivity contribution in [2.75, 3.05) is 19.7 Å². The molecule has 0 saturated heterocycles. The summed E-state index contributed by atoms with van der Waals surface area (Å²) < 4.78 is 4.92. The molecule has 0 aliphatic carbocycles. The maximum absolute atomic E-state index is 11.5. The van der Waals surface area contributed by atoms with Crippen LogP contribution < -0.4 is 0 Å². The highest BCUT2D eigenvalue weighted by molar-refractivity contribution is 5.75. The second kappa shape index (κ2) is 5.53. The predicted octanol–water partition coefficient (Wildman–Crippen LogP) is 1.50. The largest absolute Gasteiger partial charge is 0.466 e. The van der Waals surface area contributed by atoms with E-state index in [1.807, 2.05) is 0 Å². The van der Waals surface area contributed by atoms with Crippen molar-refractivity contribution in [3.05, 3.63) is 11.6 Å². The summed E-state index contributed by atoms with van der Waals surface area (Å²) in [6.45, 7) is 4.74. The first-order valence-electron chi connectivity index (χ1n) is 5.39. The Kier molecular flexibility index (Phi) is 4.34. The number of nitrogens with zero attached hydrogens (tertiary/aromatic N) is 1. The van der Waals surface area contributed by atoms with Gasteiger partial charge in [-0.2, -0.15) is 0 Å². The molecule has 1 atom stereocenters. The molecule has 0 aromatic heterocycles. The van der Waals surface area contributed by atoms with Gasteiger partial charge in [0.15, 0.2) is 0 Å². The number of ether oxygens (including phenoxy) is 1. The molecule has 1 N–H and O–H groups in total. The maximum atomic E-state index is 11.5. The SMILES string of the molecule is CCOC(=O)C(C)C1=CCN(C(=O)O)CC1. The molecule has 0 spiro atoms. The van der Waals surface area contributed by atoms with Gasteiger partial charge >= 0.3 is 12.1 Å². The Labute approximate surface area is 94.7 Å². The van der Waals surface area contributed by atoms with E-state index in [1.54, 1.807) is 19.9 Å². The van der Waals surface area contributed by atoms with Crippen LogP contribution in [0.25, 0.3) is 0 Å². The summed E-state index contributed by atoms with van der Waals surface area (Å²) >= 11 is 0. The molecule has 0 aromatic carbocycles. The van der Waals surface area contributed by atoms with Crippen LogP contribution in [0.15, 0.2) is 11.6 Å². The van der Waals surface area contributed by atoms with E-state index < -0.39 is 6.09 Å². The molecule has 0 bridgehead atoms. The quantitative estimate of drug-likeness (QED) is 0.586. The Morgan fingerprint density at radius 3 is 2.75 bits per heavy atom. The number of rotatable bonds is 3. The summed E-state index contributed by atoms with van der Waals surface area (Å²) in [6, 6.07) is 0. The van der Waals surface area contributed by atoms with Crippen LogP contribution in [0.4, 0.5) is 4.79 Å². The lowest BCUT2D eigenvalue weighted by atomic mass is 9.95. The normalized spacial score (nSPS) is 17.6. The average molecular weight is 227 g/mol. The van der Waals surface area contributed by atoms with Crippen molar-refractivity contribution < 1.29 is 19.4 Å². The lowest BCUT2D eigenvalue weighted by Gasteiger charge is -2.25. The van der Waals surface area contributed by atoms with Crippen LogP contribution >= 0.6 is 0 Å². The van der Waals surface area contributed by atoms with E-state index in [2.05, 4.69) is 0 Å². The summed E-state index contributed by atoms with van der Waals surface area (Å²) in [5.41, 5.74) is 0.968. The fourth-order valence-corrected chi connectivity index (χ4v) is 1.67. The zero-order valence-electron chi connectivity index (χ0n) is 9.60. The third-order valence-corrected chi connectivity index (χ3v) is 2.71. The summed E-state index contributed by atoms with van der Waals surface area (Å²) in [4.78, 5) is 23.5. The van der Waals surface area contributed by atoms with Crippen LogP contribution in [0.3, 0.4) is 0 Å². The third kappa shape index (κ3) is 2.98. The van der Waals surface area contributed by atoms with Crippen LogP contribution in [0.5, 0.6) is 0 Å². The van der Waals surface area contributed by atoms with Gasteiger partial charge in [0.1, 0.15) is 0 Å². The first kappa shape index (κ1) is 12.5. The molecule has 1 unspecified atom stereocenters. The van der Waals surface area contributed by atoms with Crippen molar-refractivity contribution in [1.82, 2.24) is 4.90 Å². The fourth-order valence-electron chi connectivity index (χ4n) is 1.67. The molecule has 1 heterocycles. The van der Waals surface area contributed by atoms with Gasteiger partial charge in [0, 0.05) is 13.1 Å². The van der Waals surface area contributed by atoms with Gasteiger partial charge in [0.05, 0.1) is 12.5 Å². The van der Waals surface area contributed by atoms with Crippen molar-refractivity contribution in [1.29, 1.82) is 0 Å². The van der Waals surface area contributed by atoms with E-state index in [9.17, 15) is 9.59 Å². The summed E-state index contributed by atoms with van der Waals surface area (Å²) in [6.07, 6.45) is 1.49. The van der Waals surface area contributed by atoms with Gasteiger partial charge in [-0.15, -0.1) is 0 Å². The van der Waals surface area contributed by atoms with Crippen LogP contribution in [-0.4, -0.2) is 41.8 Å². The predicted molar refractivity (Wildman–Crippen MR) is 58.1 cm³/mol. The number of esters is 1. The zero-order chi connectivity index (χ0) is 12.1. The first-order chi connectivity index (χ1) is 7.56. The molecule has 0 radical (unpaired) electrons. The highest BCUT2D eigenvalue weighted by Crippen LogP contribution is 2.20. The number of hydrogen-bond acceptors (Lipinski definition) is 3. The lowest BCUT2D eigenvalue weighted by Crippen LogP contribution is -2.35. The fraction of sp³-hybridized carbons (Fsp3) is 0.636. The molecule has 5 nitrogen and oxygen atoms in total. The topological polar surface area (TPSA) is 66.8 Å². The Balaban J connectivity index is 2.56. The van der Waals surface area contributed by atoms with Crippen LogP contribution in [0.1, 0.15) is 20.3 Å². The van der Waals surface area contributed by atoms with Crippen molar-refractivity contribution in [2.24, 2.45) is 5.92 Å². The van der Waals surface area contributed by atoms with Gasteiger partial charge < -0.3 is 14.7 Å². The van der Waals surface area contributed by atoms with E-state index in [0.29, 0.717) is 26.1 Å². The Hall–Kier alpha value is -1.52. The second-order valence-electron chi connectivity index (χ2n) is 3.73. The molecule has 90 valence electrons. The van der Waals surface area contributed by atoms with Crippen molar-refractivity contribution >= 4 is 12.1 Å². The third-order valence-electron chi connectivity index (χ3n) is 2.71. The van der Waals surface area contributed by atoms with Gasteiger partial charge in [0.2, 0.25) is 0 Å². The molecule has 1 aliphatic heterocycles. The zero-order valence-corrected chi connectivity index (χ0v) is 9.60. The molecule has 5 heteroatoms. The van der Waals surface area contributed by atoms with Crippen molar-refractivity contribution in [3.8, 4) is 0 Å². The Morgan fingerprint density at radius 1 is 1.62 bits per heavy atom. The summed E-state index contributed by atoms with van der Waals surface area (Å²) in [5.74, 6) is -0.506. The Bertz CT molecular complexity index is 311. The second-order valence-corrected chi connectivity index (χ2v) is 3.73. The average Bonchev–Trinajstić information content (AvgIpc) is 2.28. The minimum absolute atomic E-state index is 0.238. The van der Waals surface area contributed by atoms with E-state index in [-0.39, 0.29) is 11.9 Å². The standard InChI is InChI=1S/C11H17NO4/c1-3-16-10(13)8(2)9-4-6-12(7-5-9)11(14)15/h4,8H,3,5-7H2,1-2H3,(H,14,15). The van der Waals surface area contributed by atoms with Crippen LogP contribution in [0.2, 0.25) is 0 Å². The van der Waals surface area contributed by atoms with E-state index >= 15 is 0 Å². The molecule has 0 fully saturated rings. The van der Waals surface area contributed by atoms with Crippen LogP contribution in [-0.2, 0) is 9.53 Å². The number of carbonyl (C=O) groups excluding carboxylic acids is 1. The Morgan fingerprint density at radius 2 is 2.31 bits per heavy atom. The number of carboxylic acid groups (broad SMARTS) is 1. The number of hydrogen-bond donors (Lipinski definition) is 1. The molecule has 16 heavy (non-hydrogen) atoms. The smallest absolute Gasteiger partial charge is 0.407 e. The summed E-state index contributed by atoms with van der Waals surface area (Å²) in [7, 11) is 0. The van der Waals surface area contributed by atoms with E-state index in [4.69, 9.17) is 9.84 Å². The van der Waals surface area contributed by atoms with Crippen LogP contribution in [0, 0.1) is 5.92 Å². The van der Waals surface area contributed by atoms with Gasteiger partial charge in [-0.3, -0.25) is 4.79 Å². The number of carbonyl (C=O) groups is 2.